The van der Waals surface area contributed by atoms with Gasteiger partial charge in [0.15, 0.2) is 0 Å². The van der Waals surface area contributed by atoms with Crippen molar-refractivity contribution in [3.8, 4) is 0 Å². The third-order valence-electron chi connectivity index (χ3n) is 4.12. The van der Waals surface area contributed by atoms with Gasteiger partial charge in [0, 0.05) is 19.1 Å². The maximum Gasteiger partial charge on any atom is 0.263 e. The lowest BCUT2D eigenvalue weighted by atomic mass is 9.95. The van der Waals surface area contributed by atoms with E-state index in [1.165, 1.54) is 23.5 Å². The molecule has 3 rings (SSSR count). The van der Waals surface area contributed by atoms with Crippen molar-refractivity contribution in [3.63, 3.8) is 0 Å². The number of hydrogen-bond donors (Lipinski definition) is 1. The number of benzene rings is 1. The van der Waals surface area contributed by atoms with E-state index < -0.39 is 0 Å². The molecule has 1 aliphatic rings. The first-order chi connectivity index (χ1) is 11.2. The van der Waals surface area contributed by atoms with Crippen LogP contribution in [0.25, 0.3) is 0 Å². The van der Waals surface area contributed by atoms with Crippen LogP contribution in [-0.4, -0.2) is 24.0 Å². The molecule has 6 heteroatoms. The molecule has 1 aliphatic heterocycles. The zero-order valence-electron chi connectivity index (χ0n) is 12.9. The van der Waals surface area contributed by atoms with Crippen molar-refractivity contribution >= 4 is 17.2 Å². The lowest BCUT2D eigenvalue weighted by molar-refractivity contribution is 0.0847. The first-order valence-electron chi connectivity index (χ1n) is 7.76. The normalized spacial score (nSPS) is 20.6. The van der Waals surface area contributed by atoms with Crippen molar-refractivity contribution < 1.29 is 13.9 Å². The Morgan fingerprint density at radius 2 is 2.22 bits per heavy atom. The van der Waals surface area contributed by atoms with Gasteiger partial charge < -0.3 is 10.1 Å². The average molecular weight is 334 g/mol. The molecule has 2 atom stereocenters. The van der Waals surface area contributed by atoms with E-state index in [2.05, 4.69) is 10.3 Å². The van der Waals surface area contributed by atoms with Crippen LogP contribution in [0.1, 0.15) is 40.4 Å². The number of halogens is 1. The number of carbonyl (C=O) groups is 1. The van der Waals surface area contributed by atoms with Crippen molar-refractivity contribution in [3.05, 3.63) is 51.7 Å². The molecule has 1 aromatic carbocycles. The van der Waals surface area contributed by atoms with E-state index in [1.807, 2.05) is 6.92 Å². The smallest absolute Gasteiger partial charge is 0.263 e. The number of hydrogen-bond acceptors (Lipinski definition) is 4. The van der Waals surface area contributed by atoms with Crippen LogP contribution in [-0.2, 0) is 11.2 Å². The van der Waals surface area contributed by atoms with Crippen molar-refractivity contribution in [1.29, 1.82) is 0 Å². The van der Waals surface area contributed by atoms with Gasteiger partial charge in [-0.3, -0.25) is 4.79 Å². The maximum atomic E-state index is 13.1. The Morgan fingerprint density at radius 1 is 1.43 bits per heavy atom. The first kappa shape index (κ1) is 16.1. The molecule has 1 saturated heterocycles. The molecule has 4 nitrogen and oxygen atoms in total. The highest BCUT2D eigenvalue weighted by molar-refractivity contribution is 7.11. The molecule has 1 fully saturated rings. The second kappa shape index (κ2) is 7.19. The maximum absolute atomic E-state index is 13.1. The Bertz CT molecular complexity index is 671. The van der Waals surface area contributed by atoms with Crippen molar-refractivity contribution in [1.82, 2.24) is 10.3 Å². The fourth-order valence-electron chi connectivity index (χ4n) is 2.87. The van der Waals surface area contributed by atoms with E-state index in [0.29, 0.717) is 18.0 Å². The van der Waals surface area contributed by atoms with Crippen LogP contribution >= 0.6 is 11.3 Å². The van der Waals surface area contributed by atoms with Gasteiger partial charge in [-0.2, -0.15) is 0 Å². The Labute approximate surface area is 138 Å². The Morgan fingerprint density at radius 3 is 2.96 bits per heavy atom. The van der Waals surface area contributed by atoms with Crippen LogP contribution in [0.5, 0.6) is 0 Å². The van der Waals surface area contributed by atoms with Crippen molar-refractivity contribution in [2.75, 3.05) is 13.2 Å². The van der Waals surface area contributed by atoms with E-state index in [-0.39, 0.29) is 23.7 Å². The lowest BCUT2D eigenvalue weighted by Crippen LogP contribution is -2.30. The zero-order chi connectivity index (χ0) is 16.2. The van der Waals surface area contributed by atoms with Gasteiger partial charge in [-0.05, 0) is 30.5 Å². The van der Waals surface area contributed by atoms with Crippen molar-refractivity contribution in [2.24, 2.45) is 5.92 Å². The fraction of sp³-hybridized carbons (Fsp3) is 0.412. The number of nitrogens with zero attached hydrogens (tertiary/aromatic N) is 1. The summed E-state index contributed by atoms with van der Waals surface area (Å²) in [6.45, 7) is 3.19. The van der Waals surface area contributed by atoms with E-state index in [1.54, 1.807) is 17.6 Å². The number of rotatable bonds is 5. The Balaban J connectivity index is 1.63. The highest BCUT2D eigenvalue weighted by atomic mass is 32.1. The van der Waals surface area contributed by atoms with Gasteiger partial charge in [0.2, 0.25) is 0 Å². The number of carbonyl (C=O) groups excluding carboxylic acids is 1. The highest BCUT2D eigenvalue weighted by Crippen LogP contribution is 2.34. The summed E-state index contributed by atoms with van der Waals surface area (Å²) in [5, 5.41) is 2.99. The predicted molar refractivity (Wildman–Crippen MR) is 87.0 cm³/mol. The second-order valence-corrected chi connectivity index (χ2v) is 6.44. The minimum Gasteiger partial charge on any atom is -0.373 e. The molecule has 2 heterocycles. The molecular weight excluding hydrogens is 315 g/mol. The van der Waals surface area contributed by atoms with Crippen LogP contribution in [0.15, 0.2) is 29.8 Å². The molecule has 1 aromatic heterocycles. The standard InChI is InChI=1S/C17H19FN2O2S/c1-2-14-16(23-10-20-14)17(21)19-9-12-7-8-22-15(12)11-3-5-13(18)6-4-11/h3-6,10,12,15H,2,7-9H2,1H3,(H,19,21)/t12-,15-/m0/s1. The highest BCUT2D eigenvalue weighted by Gasteiger charge is 2.30. The molecular formula is C17H19FN2O2S. The van der Waals surface area contributed by atoms with Gasteiger partial charge in [0.25, 0.3) is 5.91 Å². The van der Waals surface area contributed by atoms with Crippen LogP contribution in [0.2, 0.25) is 0 Å². The molecule has 2 aromatic rings. The van der Waals surface area contributed by atoms with Crippen LogP contribution in [0.3, 0.4) is 0 Å². The zero-order valence-corrected chi connectivity index (χ0v) is 13.7. The quantitative estimate of drug-likeness (QED) is 0.912. The third-order valence-corrected chi connectivity index (χ3v) is 4.99. The molecule has 0 spiro atoms. The predicted octanol–water partition coefficient (Wildman–Crippen LogP) is 3.35. The lowest BCUT2D eigenvalue weighted by Gasteiger charge is -2.19. The number of thiazole rings is 1. The Hall–Kier alpha value is -1.79. The minimum absolute atomic E-state index is 0.0749. The SMILES string of the molecule is CCc1ncsc1C(=O)NC[C@@H]1CCO[C@H]1c1ccc(F)cc1. The molecule has 0 radical (unpaired) electrons. The number of aryl methyl sites for hydroxylation is 1. The third kappa shape index (κ3) is 3.59. The summed E-state index contributed by atoms with van der Waals surface area (Å²) in [6, 6.07) is 6.38. The monoisotopic (exact) mass is 334 g/mol. The molecule has 122 valence electrons. The molecule has 1 amide bonds. The molecule has 0 aliphatic carbocycles. The number of ether oxygens (including phenoxy) is 1. The molecule has 1 N–H and O–H groups in total. The molecule has 23 heavy (non-hydrogen) atoms. The summed E-state index contributed by atoms with van der Waals surface area (Å²) in [5.41, 5.74) is 3.49. The van der Waals surface area contributed by atoms with Crippen LogP contribution in [0, 0.1) is 11.7 Å². The summed E-state index contributed by atoms with van der Waals surface area (Å²) in [7, 11) is 0. The van der Waals surface area contributed by atoms with E-state index >= 15 is 0 Å². The minimum atomic E-state index is -0.256. The number of aromatic nitrogens is 1. The fourth-order valence-corrected chi connectivity index (χ4v) is 3.67. The van der Waals surface area contributed by atoms with Gasteiger partial charge >= 0.3 is 0 Å². The number of nitrogens with one attached hydrogen (secondary N) is 1. The molecule has 0 saturated carbocycles. The second-order valence-electron chi connectivity index (χ2n) is 5.58. The van der Waals surface area contributed by atoms with Gasteiger partial charge in [0.05, 0.1) is 17.3 Å². The Kier molecular flexibility index (Phi) is 5.03. The summed E-state index contributed by atoms with van der Waals surface area (Å²) < 4.78 is 18.8. The van der Waals surface area contributed by atoms with Gasteiger partial charge in [0.1, 0.15) is 10.7 Å². The van der Waals surface area contributed by atoms with E-state index in [9.17, 15) is 9.18 Å². The molecule has 0 bridgehead atoms. The van der Waals surface area contributed by atoms with Gasteiger partial charge in [-0.1, -0.05) is 19.1 Å². The van der Waals surface area contributed by atoms with E-state index in [0.717, 1.165) is 24.1 Å². The summed E-state index contributed by atoms with van der Waals surface area (Å²) in [6.07, 6.45) is 1.53. The van der Waals surface area contributed by atoms with Gasteiger partial charge in [-0.15, -0.1) is 11.3 Å². The number of amides is 1. The van der Waals surface area contributed by atoms with Crippen LogP contribution in [0.4, 0.5) is 4.39 Å². The largest absolute Gasteiger partial charge is 0.373 e. The van der Waals surface area contributed by atoms with Crippen molar-refractivity contribution in [2.45, 2.75) is 25.9 Å². The van der Waals surface area contributed by atoms with Crippen LogP contribution < -0.4 is 5.32 Å². The van der Waals surface area contributed by atoms with E-state index in [4.69, 9.17) is 4.74 Å². The molecule has 0 unspecified atom stereocenters. The first-order valence-corrected chi connectivity index (χ1v) is 8.64. The summed E-state index contributed by atoms with van der Waals surface area (Å²) in [5.74, 6) is -0.134. The summed E-state index contributed by atoms with van der Waals surface area (Å²) in [4.78, 5) is 17.2. The summed E-state index contributed by atoms with van der Waals surface area (Å²) >= 11 is 1.37. The average Bonchev–Trinajstić information content (AvgIpc) is 3.22. The topological polar surface area (TPSA) is 51.2 Å². The van der Waals surface area contributed by atoms with Gasteiger partial charge in [-0.25, -0.2) is 9.37 Å².